The Hall–Kier alpha value is -1.50. The minimum Gasteiger partial charge on any atom is -0.356 e. The molecule has 1 heterocycles. The van der Waals surface area contributed by atoms with E-state index in [0.717, 1.165) is 24.5 Å². The highest BCUT2D eigenvalue weighted by Gasteiger charge is 2.09. The lowest BCUT2D eigenvalue weighted by molar-refractivity contribution is -0.151. The largest absolute Gasteiger partial charge is 0.356 e. The monoisotopic (exact) mass is 252 g/mol. The van der Waals surface area contributed by atoms with Gasteiger partial charge in [0.1, 0.15) is 0 Å². The molecule has 0 aliphatic heterocycles. The molecule has 0 fully saturated rings. The van der Waals surface area contributed by atoms with Crippen molar-refractivity contribution in [1.29, 1.82) is 0 Å². The fraction of sp³-hybridized carbons (Fsp3) is 0.500. The van der Waals surface area contributed by atoms with Gasteiger partial charge in [-0.05, 0) is 25.6 Å². The van der Waals surface area contributed by atoms with Crippen molar-refractivity contribution in [3.8, 4) is 0 Å². The molecule has 1 rings (SSSR count). The lowest BCUT2D eigenvalue weighted by Gasteiger charge is -2.19. The zero-order chi connectivity index (χ0) is 13.4. The predicted molar refractivity (Wildman–Crippen MR) is 68.0 cm³/mol. The molecule has 100 valence electrons. The zero-order valence-corrected chi connectivity index (χ0v) is 10.8. The van der Waals surface area contributed by atoms with Gasteiger partial charge >= 0.3 is 5.97 Å². The van der Waals surface area contributed by atoms with Gasteiger partial charge in [-0.15, -0.1) is 0 Å². The standard InChI is InChI=1S/C12H20N4O2/c1-3-16(8-7-12(17)18-15-13)9-11-6-4-5-10(2)14-11/h4-6,15H,3,7-9,13H2,1-2H3. The van der Waals surface area contributed by atoms with Gasteiger partial charge in [0, 0.05) is 18.8 Å². The highest BCUT2D eigenvalue weighted by molar-refractivity contribution is 5.69. The number of hydrazine groups is 1. The summed E-state index contributed by atoms with van der Waals surface area (Å²) in [5.41, 5.74) is 3.88. The molecule has 6 nitrogen and oxygen atoms in total. The topological polar surface area (TPSA) is 80.5 Å². The number of nitrogens with zero attached hydrogens (tertiary/aromatic N) is 2. The molecule has 0 spiro atoms. The van der Waals surface area contributed by atoms with Crippen molar-refractivity contribution in [2.45, 2.75) is 26.8 Å². The predicted octanol–water partition coefficient (Wildman–Crippen LogP) is 0.524. The molecule has 0 unspecified atom stereocenters. The average molecular weight is 252 g/mol. The minimum absolute atomic E-state index is 0.295. The lowest BCUT2D eigenvalue weighted by atomic mass is 10.3. The van der Waals surface area contributed by atoms with Crippen LogP contribution in [-0.2, 0) is 16.2 Å². The van der Waals surface area contributed by atoms with Crippen molar-refractivity contribution in [2.24, 2.45) is 5.84 Å². The maximum Gasteiger partial charge on any atom is 0.327 e. The van der Waals surface area contributed by atoms with Crippen LogP contribution in [0.15, 0.2) is 18.2 Å². The number of carbonyl (C=O) groups excluding carboxylic acids is 1. The first kappa shape index (κ1) is 14.6. The van der Waals surface area contributed by atoms with Crippen LogP contribution < -0.4 is 11.4 Å². The van der Waals surface area contributed by atoms with Crippen LogP contribution in [0.25, 0.3) is 0 Å². The summed E-state index contributed by atoms with van der Waals surface area (Å²) in [6, 6.07) is 5.93. The van der Waals surface area contributed by atoms with Gasteiger partial charge in [-0.3, -0.25) is 14.7 Å². The summed E-state index contributed by atoms with van der Waals surface area (Å²) >= 11 is 0. The molecule has 1 aromatic rings. The summed E-state index contributed by atoms with van der Waals surface area (Å²) in [6.45, 7) is 6.19. The van der Waals surface area contributed by atoms with Crippen LogP contribution in [0.1, 0.15) is 24.7 Å². The molecule has 0 bridgehead atoms. The molecular weight excluding hydrogens is 232 g/mol. The number of nitrogens with two attached hydrogens (primary N) is 1. The van der Waals surface area contributed by atoms with E-state index in [4.69, 9.17) is 5.84 Å². The summed E-state index contributed by atoms with van der Waals surface area (Å²) in [7, 11) is 0. The van der Waals surface area contributed by atoms with Gasteiger partial charge in [0.25, 0.3) is 0 Å². The van der Waals surface area contributed by atoms with Crippen molar-refractivity contribution in [2.75, 3.05) is 13.1 Å². The third-order valence-corrected chi connectivity index (χ3v) is 2.58. The molecule has 6 heteroatoms. The molecule has 0 atom stereocenters. The number of rotatable bonds is 7. The lowest BCUT2D eigenvalue weighted by Crippen LogP contribution is -2.30. The van der Waals surface area contributed by atoms with Crippen molar-refractivity contribution in [3.05, 3.63) is 29.6 Å². The highest BCUT2D eigenvalue weighted by Crippen LogP contribution is 2.04. The average Bonchev–Trinajstić information content (AvgIpc) is 2.35. The Morgan fingerprint density at radius 1 is 1.56 bits per heavy atom. The normalized spacial score (nSPS) is 10.7. The van der Waals surface area contributed by atoms with Gasteiger partial charge in [-0.2, -0.15) is 0 Å². The van der Waals surface area contributed by atoms with E-state index in [1.54, 1.807) is 0 Å². The number of hydrogen-bond donors (Lipinski definition) is 2. The van der Waals surface area contributed by atoms with Crippen LogP contribution in [0, 0.1) is 6.92 Å². The van der Waals surface area contributed by atoms with E-state index >= 15 is 0 Å². The molecule has 0 amide bonds. The van der Waals surface area contributed by atoms with Crippen molar-refractivity contribution < 1.29 is 9.63 Å². The summed E-state index contributed by atoms with van der Waals surface area (Å²) in [5, 5.41) is 0. The van der Waals surface area contributed by atoms with E-state index in [0.29, 0.717) is 13.0 Å². The van der Waals surface area contributed by atoms with Gasteiger partial charge in [-0.1, -0.05) is 18.6 Å². The van der Waals surface area contributed by atoms with Crippen molar-refractivity contribution in [3.63, 3.8) is 0 Å². The third kappa shape index (κ3) is 5.22. The maximum absolute atomic E-state index is 11.2. The van der Waals surface area contributed by atoms with E-state index < -0.39 is 0 Å². The minimum atomic E-state index is -0.367. The number of aryl methyl sites for hydroxylation is 1. The van der Waals surface area contributed by atoms with E-state index in [-0.39, 0.29) is 5.97 Å². The second-order valence-electron chi connectivity index (χ2n) is 3.98. The van der Waals surface area contributed by atoms with Crippen LogP contribution in [0.3, 0.4) is 0 Å². The number of nitrogens with one attached hydrogen (secondary N) is 1. The van der Waals surface area contributed by atoms with Crippen LogP contribution >= 0.6 is 0 Å². The van der Waals surface area contributed by atoms with Gasteiger partial charge < -0.3 is 4.84 Å². The molecule has 0 aromatic carbocycles. The second kappa shape index (κ2) is 7.75. The van der Waals surface area contributed by atoms with E-state index in [9.17, 15) is 4.79 Å². The third-order valence-electron chi connectivity index (χ3n) is 2.58. The summed E-state index contributed by atoms with van der Waals surface area (Å²) in [5.74, 6) is 4.52. The molecule has 0 saturated carbocycles. The zero-order valence-electron chi connectivity index (χ0n) is 10.8. The smallest absolute Gasteiger partial charge is 0.327 e. The SMILES string of the molecule is CCN(CCC(=O)ONN)Cc1cccc(C)n1. The van der Waals surface area contributed by atoms with Crippen LogP contribution in [0.2, 0.25) is 0 Å². The fourth-order valence-corrected chi connectivity index (χ4v) is 1.63. The Bertz CT molecular complexity index is 384. The first-order chi connectivity index (χ1) is 8.65. The Labute approximate surface area is 107 Å². The summed E-state index contributed by atoms with van der Waals surface area (Å²) < 4.78 is 0. The molecule has 3 N–H and O–H groups in total. The van der Waals surface area contributed by atoms with Crippen LogP contribution in [-0.4, -0.2) is 28.9 Å². The molecular formula is C12H20N4O2. The van der Waals surface area contributed by atoms with Crippen LogP contribution in [0.5, 0.6) is 0 Å². The number of hydrogen-bond acceptors (Lipinski definition) is 6. The summed E-state index contributed by atoms with van der Waals surface area (Å²) in [4.78, 5) is 22.2. The molecule has 0 radical (unpaired) electrons. The summed E-state index contributed by atoms with van der Waals surface area (Å²) in [6.07, 6.45) is 0.295. The Balaban J connectivity index is 2.44. The Kier molecular flexibility index (Phi) is 6.27. The molecule has 0 aliphatic rings. The first-order valence-electron chi connectivity index (χ1n) is 5.96. The van der Waals surface area contributed by atoms with E-state index in [2.05, 4.69) is 14.7 Å². The van der Waals surface area contributed by atoms with Gasteiger partial charge in [0.05, 0.1) is 12.1 Å². The van der Waals surface area contributed by atoms with Crippen LogP contribution in [0.4, 0.5) is 0 Å². The number of carbonyl (C=O) groups is 1. The van der Waals surface area contributed by atoms with E-state index in [1.807, 2.05) is 37.6 Å². The fourth-order valence-electron chi connectivity index (χ4n) is 1.63. The second-order valence-corrected chi connectivity index (χ2v) is 3.98. The Morgan fingerprint density at radius 3 is 2.94 bits per heavy atom. The van der Waals surface area contributed by atoms with Gasteiger partial charge in [0.15, 0.2) is 0 Å². The van der Waals surface area contributed by atoms with Gasteiger partial charge in [0.2, 0.25) is 0 Å². The van der Waals surface area contributed by atoms with Crippen molar-refractivity contribution in [1.82, 2.24) is 15.5 Å². The quantitative estimate of drug-likeness (QED) is 0.544. The number of pyridine rings is 1. The highest BCUT2D eigenvalue weighted by atomic mass is 16.7. The maximum atomic E-state index is 11.2. The van der Waals surface area contributed by atoms with Gasteiger partial charge in [-0.25, -0.2) is 5.84 Å². The van der Waals surface area contributed by atoms with Crippen molar-refractivity contribution >= 4 is 5.97 Å². The number of aromatic nitrogens is 1. The molecule has 18 heavy (non-hydrogen) atoms. The molecule has 0 saturated heterocycles. The first-order valence-corrected chi connectivity index (χ1v) is 5.96. The molecule has 1 aromatic heterocycles. The molecule has 0 aliphatic carbocycles. The van der Waals surface area contributed by atoms with E-state index in [1.165, 1.54) is 0 Å². The Morgan fingerprint density at radius 2 is 2.33 bits per heavy atom.